The molecule has 1 N–H and O–H groups in total. The van der Waals surface area contributed by atoms with Crippen LogP contribution in [-0.2, 0) is 4.79 Å². The molecule has 2 aliphatic rings. The van der Waals surface area contributed by atoms with E-state index in [9.17, 15) is 9.90 Å². The fourth-order valence-corrected chi connectivity index (χ4v) is 3.35. The van der Waals surface area contributed by atoms with E-state index >= 15 is 0 Å². The minimum atomic E-state index is -0.627. The summed E-state index contributed by atoms with van der Waals surface area (Å²) in [6, 6.07) is 0.592. The van der Waals surface area contributed by atoms with Crippen molar-refractivity contribution >= 4 is 5.97 Å². The molecule has 0 aromatic carbocycles. The molecule has 18 heavy (non-hydrogen) atoms. The predicted molar refractivity (Wildman–Crippen MR) is 71.7 cm³/mol. The molecular formula is C14H26N2O2. The van der Waals surface area contributed by atoms with Crippen LogP contribution in [0.2, 0.25) is 0 Å². The lowest BCUT2D eigenvalue weighted by molar-refractivity contribution is -0.151. The van der Waals surface area contributed by atoms with E-state index in [1.807, 2.05) is 6.92 Å². The van der Waals surface area contributed by atoms with E-state index in [0.29, 0.717) is 6.04 Å². The van der Waals surface area contributed by atoms with Gasteiger partial charge in [-0.2, -0.15) is 0 Å². The molecular weight excluding hydrogens is 228 g/mol. The third kappa shape index (κ3) is 3.04. The second kappa shape index (κ2) is 5.57. The summed E-state index contributed by atoms with van der Waals surface area (Å²) in [6.45, 7) is 6.05. The summed E-state index contributed by atoms with van der Waals surface area (Å²) < 4.78 is 0. The third-order valence-electron chi connectivity index (χ3n) is 4.68. The molecule has 2 rings (SSSR count). The number of aliphatic carboxylic acids is 1. The Balaban J connectivity index is 1.98. The van der Waals surface area contributed by atoms with Crippen LogP contribution in [0.5, 0.6) is 0 Å². The smallest absolute Gasteiger partial charge is 0.310 e. The molecule has 4 heteroatoms. The van der Waals surface area contributed by atoms with Gasteiger partial charge in [-0.15, -0.1) is 0 Å². The van der Waals surface area contributed by atoms with Gasteiger partial charge < -0.3 is 10.0 Å². The van der Waals surface area contributed by atoms with Gasteiger partial charge in [0.2, 0.25) is 0 Å². The fraction of sp³-hybridized carbons (Fsp3) is 0.929. The molecule has 0 aromatic rings. The standard InChI is InChI=1S/C14H26N2O2/c1-14(13(17)18)7-4-9-16(11-14)12-5-3-8-15(2)10-6-12/h12H,3-11H2,1-2H3,(H,17,18). The zero-order chi connectivity index (χ0) is 13.2. The number of carbonyl (C=O) groups is 1. The minimum Gasteiger partial charge on any atom is -0.481 e. The van der Waals surface area contributed by atoms with Crippen molar-refractivity contribution in [1.82, 2.24) is 9.80 Å². The monoisotopic (exact) mass is 254 g/mol. The largest absolute Gasteiger partial charge is 0.481 e. The maximum Gasteiger partial charge on any atom is 0.310 e. The van der Waals surface area contributed by atoms with Crippen molar-refractivity contribution in [1.29, 1.82) is 0 Å². The summed E-state index contributed by atoms with van der Waals surface area (Å²) >= 11 is 0. The lowest BCUT2D eigenvalue weighted by Crippen LogP contribution is -2.50. The van der Waals surface area contributed by atoms with Gasteiger partial charge >= 0.3 is 5.97 Å². The molecule has 2 fully saturated rings. The minimum absolute atomic E-state index is 0.531. The molecule has 4 nitrogen and oxygen atoms in total. The van der Waals surface area contributed by atoms with Crippen LogP contribution in [0.15, 0.2) is 0 Å². The van der Waals surface area contributed by atoms with E-state index in [2.05, 4.69) is 16.8 Å². The number of piperidine rings is 1. The summed E-state index contributed by atoms with van der Waals surface area (Å²) in [5.41, 5.74) is -0.531. The van der Waals surface area contributed by atoms with Crippen LogP contribution < -0.4 is 0 Å². The normalized spacial score (nSPS) is 36.2. The molecule has 0 amide bonds. The molecule has 2 heterocycles. The highest BCUT2D eigenvalue weighted by Crippen LogP contribution is 2.32. The van der Waals surface area contributed by atoms with Gasteiger partial charge in [-0.25, -0.2) is 0 Å². The molecule has 0 spiro atoms. The van der Waals surface area contributed by atoms with Gasteiger partial charge in [0.05, 0.1) is 5.41 Å². The first-order chi connectivity index (χ1) is 8.51. The Kier molecular flexibility index (Phi) is 4.28. The highest BCUT2D eigenvalue weighted by atomic mass is 16.4. The summed E-state index contributed by atoms with van der Waals surface area (Å²) in [5, 5.41) is 9.38. The molecule has 2 atom stereocenters. The lowest BCUT2D eigenvalue weighted by Gasteiger charge is -2.41. The van der Waals surface area contributed by atoms with Crippen molar-refractivity contribution in [2.24, 2.45) is 5.41 Å². The van der Waals surface area contributed by atoms with Crippen molar-refractivity contribution in [3.05, 3.63) is 0 Å². The number of carboxylic acids is 1. The average Bonchev–Trinajstić information content (AvgIpc) is 2.54. The molecule has 0 aliphatic carbocycles. The van der Waals surface area contributed by atoms with Crippen molar-refractivity contribution in [3.63, 3.8) is 0 Å². The molecule has 2 saturated heterocycles. The Hall–Kier alpha value is -0.610. The molecule has 2 unspecified atom stereocenters. The Morgan fingerprint density at radius 2 is 2.00 bits per heavy atom. The zero-order valence-electron chi connectivity index (χ0n) is 11.7. The number of nitrogens with zero attached hydrogens (tertiary/aromatic N) is 2. The fourth-order valence-electron chi connectivity index (χ4n) is 3.35. The van der Waals surface area contributed by atoms with E-state index in [4.69, 9.17) is 0 Å². The molecule has 0 bridgehead atoms. The van der Waals surface area contributed by atoms with Crippen molar-refractivity contribution in [3.8, 4) is 0 Å². The Bertz CT molecular complexity index is 308. The quantitative estimate of drug-likeness (QED) is 0.814. The maximum absolute atomic E-state index is 11.4. The zero-order valence-corrected chi connectivity index (χ0v) is 11.7. The number of hydrogen-bond acceptors (Lipinski definition) is 3. The highest BCUT2D eigenvalue weighted by Gasteiger charge is 2.39. The van der Waals surface area contributed by atoms with E-state index < -0.39 is 11.4 Å². The SMILES string of the molecule is CN1CCCC(N2CCCC(C)(C(=O)O)C2)CC1. The van der Waals surface area contributed by atoms with Gasteiger partial charge in [-0.1, -0.05) is 0 Å². The maximum atomic E-state index is 11.4. The van der Waals surface area contributed by atoms with Crippen molar-refractivity contribution < 1.29 is 9.90 Å². The first-order valence-corrected chi connectivity index (χ1v) is 7.17. The van der Waals surface area contributed by atoms with Gasteiger partial charge in [-0.05, 0) is 65.7 Å². The van der Waals surface area contributed by atoms with Crippen LogP contribution in [0, 0.1) is 5.41 Å². The number of hydrogen-bond donors (Lipinski definition) is 1. The average molecular weight is 254 g/mol. The molecule has 0 saturated carbocycles. The Morgan fingerprint density at radius 1 is 1.22 bits per heavy atom. The molecule has 2 aliphatic heterocycles. The van der Waals surface area contributed by atoms with Crippen LogP contribution in [0.4, 0.5) is 0 Å². The molecule has 0 aromatic heterocycles. The van der Waals surface area contributed by atoms with Crippen LogP contribution in [0.25, 0.3) is 0 Å². The topological polar surface area (TPSA) is 43.8 Å². The van der Waals surface area contributed by atoms with Gasteiger partial charge in [0.1, 0.15) is 0 Å². The number of carboxylic acid groups (broad SMARTS) is 1. The summed E-state index contributed by atoms with van der Waals surface area (Å²) in [4.78, 5) is 16.2. The van der Waals surface area contributed by atoms with Crippen molar-refractivity contribution in [2.45, 2.75) is 45.1 Å². The van der Waals surface area contributed by atoms with Crippen LogP contribution in [0.1, 0.15) is 39.0 Å². The predicted octanol–water partition coefficient (Wildman–Crippen LogP) is 1.66. The number of rotatable bonds is 2. The summed E-state index contributed by atoms with van der Waals surface area (Å²) in [7, 11) is 2.18. The van der Waals surface area contributed by atoms with Crippen LogP contribution in [0.3, 0.4) is 0 Å². The van der Waals surface area contributed by atoms with Gasteiger partial charge in [-0.3, -0.25) is 9.69 Å². The second-order valence-corrected chi connectivity index (χ2v) is 6.33. The van der Waals surface area contributed by atoms with Gasteiger partial charge in [0.25, 0.3) is 0 Å². The van der Waals surface area contributed by atoms with E-state index in [-0.39, 0.29) is 0 Å². The Morgan fingerprint density at radius 3 is 2.72 bits per heavy atom. The van der Waals surface area contributed by atoms with E-state index in [0.717, 1.165) is 32.5 Å². The Labute approximate surface area is 110 Å². The number of likely N-dealkylation sites (tertiary alicyclic amines) is 2. The van der Waals surface area contributed by atoms with Gasteiger partial charge in [0, 0.05) is 12.6 Å². The first kappa shape index (κ1) is 13.8. The van der Waals surface area contributed by atoms with Crippen LogP contribution >= 0.6 is 0 Å². The highest BCUT2D eigenvalue weighted by molar-refractivity contribution is 5.74. The van der Waals surface area contributed by atoms with E-state index in [1.165, 1.54) is 25.8 Å². The van der Waals surface area contributed by atoms with E-state index in [1.54, 1.807) is 0 Å². The van der Waals surface area contributed by atoms with Gasteiger partial charge in [0.15, 0.2) is 0 Å². The summed E-state index contributed by atoms with van der Waals surface area (Å²) in [6.07, 6.45) is 5.49. The second-order valence-electron chi connectivity index (χ2n) is 6.33. The molecule has 104 valence electrons. The third-order valence-corrected chi connectivity index (χ3v) is 4.68. The summed E-state index contributed by atoms with van der Waals surface area (Å²) in [5.74, 6) is -0.627. The van der Waals surface area contributed by atoms with Crippen LogP contribution in [-0.4, -0.2) is 60.1 Å². The van der Waals surface area contributed by atoms with Crippen molar-refractivity contribution in [2.75, 3.05) is 33.2 Å². The first-order valence-electron chi connectivity index (χ1n) is 7.17. The molecule has 0 radical (unpaired) electrons. The lowest BCUT2D eigenvalue weighted by atomic mass is 9.81.